The number of carbonyl (C=O) groups is 4. The van der Waals surface area contributed by atoms with E-state index >= 15 is 0 Å². The third-order valence-corrected chi connectivity index (χ3v) is 6.72. The Bertz CT molecular complexity index is 1120. The second kappa shape index (κ2) is 10.4. The summed E-state index contributed by atoms with van der Waals surface area (Å²) in [5, 5.41) is 2.88. The number of likely N-dealkylation sites (tertiary alicyclic amines) is 2. The molecule has 2 aromatic rings. The molecule has 0 spiro atoms. The molecule has 2 aromatic carbocycles. The summed E-state index contributed by atoms with van der Waals surface area (Å²) < 4.78 is 0. The third-order valence-electron chi connectivity index (χ3n) is 6.72. The van der Waals surface area contributed by atoms with Crippen LogP contribution in [0, 0.1) is 5.92 Å². The summed E-state index contributed by atoms with van der Waals surface area (Å²) >= 11 is 0. The van der Waals surface area contributed by atoms with Gasteiger partial charge in [-0.3, -0.25) is 19.2 Å². The molecule has 2 fully saturated rings. The fourth-order valence-electron chi connectivity index (χ4n) is 5.06. The molecular formula is C27H32N4O4. The SMILES string of the molecule is CC(C)C[C@H](NC(=O)c1cccc(CN)c1)C(=O)N1CCC2[C@H]1C(=O)CN2C(=O)c1ccccc1. The zero-order valence-corrected chi connectivity index (χ0v) is 20.1. The van der Waals surface area contributed by atoms with Crippen molar-refractivity contribution < 1.29 is 19.2 Å². The molecule has 0 radical (unpaired) electrons. The average molecular weight is 477 g/mol. The molecule has 2 aliphatic heterocycles. The van der Waals surface area contributed by atoms with Crippen molar-refractivity contribution in [2.75, 3.05) is 13.1 Å². The Hall–Kier alpha value is -3.52. The summed E-state index contributed by atoms with van der Waals surface area (Å²) in [5.74, 6) is -0.831. The van der Waals surface area contributed by atoms with Crippen molar-refractivity contribution in [2.24, 2.45) is 11.7 Å². The quantitative estimate of drug-likeness (QED) is 0.635. The van der Waals surface area contributed by atoms with Crippen LogP contribution in [-0.4, -0.2) is 64.5 Å². The van der Waals surface area contributed by atoms with E-state index in [4.69, 9.17) is 5.73 Å². The van der Waals surface area contributed by atoms with E-state index in [2.05, 4.69) is 5.32 Å². The van der Waals surface area contributed by atoms with Crippen LogP contribution in [0.2, 0.25) is 0 Å². The minimum Gasteiger partial charge on any atom is -0.340 e. The van der Waals surface area contributed by atoms with Crippen LogP contribution in [0.15, 0.2) is 54.6 Å². The number of hydrogen-bond acceptors (Lipinski definition) is 5. The van der Waals surface area contributed by atoms with Crippen LogP contribution in [0.4, 0.5) is 0 Å². The number of nitrogens with zero attached hydrogens (tertiary/aromatic N) is 2. The van der Waals surface area contributed by atoms with Crippen molar-refractivity contribution >= 4 is 23.5 Å². The number of carbonyl (C=O) groups excluding carboxylic acids is 4. The number of benzene rings is 2. The predicted octanol–water partition coefficient (Wildman–Crippen LogP) is 1.98. The van der Waals surface area contributed by atoms with Gasteiger partial charge in [0.1, 0.15) is 12.1 Å². The van der Waals surface area contributed by atoms with Gasteiger partial charge >= 0.3 is 0 Å². The third kappa shape index (κ3) is 5.12. The largest absolute Gasteiger partial charge is 0.340 e. The molecule has 4 rings (SSSR count). The van der Waals surface area contributed by atoms with Gasteiger partial charge in [-0.15, -0.1) is 0 Å². The number of nitrogens with one attached hydrogen (secondary N) is 1. The highest BCUT2D eigenvalue weighted by atomic mass is 16.2. The second-order valence-corrected chi connectivity index (χ2v) is 9.66. The lowest BCUT2D eigenvalue weighted by Gasteiger charge is -2.29. The van der Waals surface area contributed by atoms with E-state index in [9.17, 15) is 19.2 Å². The predicted molar refractivity (Wildman–Crippen MR) is 131 cm³/mol. The first-order valence-electron chi connectivity index (χ1n) is 12.1. The van der Waals surface area contributed by atoms with Gasteiger partial charge in [-0.2, -0.15) is 0 Å². The standard InChI is InChI=1S/C27H32N4O4/c1-17(2)13-21(29-25(33)20-10-6-7-18(14-20)15-28)27(35)30-12-11-22-24(30)23(32)16-31(22)26(34)19-8-4-3-5-9-19/h3-10,14,17,21-22,24H,11-13,15-16,28H2,1-2H3,(H,29,33)/t21-,22?,24-/m0/s1. The van der Waals surface area contributed by atoms with E-state index in [1.807, 2.05) is 26.0 Å². The van der Waals surface area contributed by atoms with Gasteiger partial charge in [0.25, 0.3) is 11.8 Å². The molecule has 3 amide bonds. The molecule has 8 heteroatoms. The van der Waals surface area contributed by atoms with E-state index in [1.165, 1.54) is 0 Å². The topological polar surface area (TPSA) is 113 Å². The lowest BCUT2D eigenvalue weighted by Crippen LogP contribution is -2.53. The number of ketones is 1. The maximum absolute atomic E-state index is 13.6. The lowest BCUT2D eigenvalue weighted by molar-refractivity contribution is -0.138. The van der Waals surface area contributed by atoms with Gasteiger partial charge in [-0.05, 0) is 48.6 Å². The summed E-state index contributed by atoms with van der Waals surface area (Å²) in [7, 11) is 0. The van der Waals surface area contributed by atoms with Gasteiger partial charge in [0.2, 0.25) is 5.91 Å². The fourth-order valence-corrected chi connectivity index (χ4v) is 5.06. The van der Waals surface area contributed by atoms with Gasteiger partial charge in [-0.25, -0.2) is 0 Å². The fraction of sp³-hybridized carbons (Fsp3) is 0.407. The maximum atomic E-state index is 13.6. The molecule has 0 aliphatic carbocycles. The smallest absolute Gasteiger partial charge is 0.254 e. The summed E-state index contributed by atoms with van der Waals surface area (Å²) in [6.45, 7) is 4.63. The number of amides is 3. The van der Waals surface area contributed by atoms with Crippen LogP contribution in [0.5, 0.6) is 0 Å². The zero-order chi connectivity index (χ0) is 25.1. The number of fused-ring (bicyclic) bond motifs is 1. The second-order valence-electron chi connectivity index (χ2n) is 9.66. The normalized spacial score (nSPS) is 20.2. The van der Waals surface area contributed by atoms with E-state index in [0.717, 1.165) is 5.56 Å². The van der Waals surface area contributed by atoms with Gasteiger partial charge in [0, 0.05) is 24.2 Å². The van der Waals surface area contributed by atoms with E-state index in [1.54, 1.807) is 52.3 Å². The number of rotatable bonds is 7. The summed E-state index contributed by atoms with van der Waals surface area (Å²) in [5.41, 5.74) is 7.48. The van der Waals surface area contributed by atoms with E-state index < -0.39 is 12.1 Å². The molecule has 1 unspecified atom stereocenters. The van der Waals surface area contributed by atoms with Crippen molar-refractivity contribution in [1.82, 2.24) is 15.1 Å². The first-order chi connectivity index (χ1) is 16.8. The molecule has 3 atom stereocenters. The minimum atomic E-state index is -0.769. The van der Waals surface area contributed by atoms with Crippen LogP contribution in [0.25, 0.3) is 0 Å². The highest BCUT2D eigenvalue weighted by molar-refractivity contribution is 6.03. The molecule has 0 bridgehead atoms. The highest BCUT2D eigenvalue weighted by Crippen LogP contribution is 2.31. The average Bonchev–Trinajstić information content (AvgIpc) is 3.44. The highest BCUT2D eigenvalue weighted by Gasteiger charge is 2.52. The molecule has 0 saturated carbocycles. The molecule has 3 N–H and O–H groups in total. The summed E-state index contributed by atoms with van der Waals surface area (Å²) in [4.78, 5) is 55.8. The van der Waals surface area contributed by atoms with Gasteiger partial charge in [-0.1, -0.05) is 44.2 Å². The summed E-state index contributed by atoms with van der Waals surface area (Å²) in [6.07, 6.45) is 0.970. The van der Waals surface area contributed by atoms with Crippen LogP contribution >= 0.6 is 0 Å². The molecule has 8 nitrogen and oxygen atoms in total. The molecule has 0 aromatic heterocycles. The first kappa shape index (κ1) is 24.6. The lowest BCUT2D eigenvalue weighted by atomic mass is 10.0. The molecule has 2 saturated heterocycles. The van der Waals surface area contributed by atoms with Crippen LogP contribution in [0.3, 0.4) is 0 Å². The number of hydrogen-bond donors (Lipinski definition) is 2. The van der Waals surface area contributed by atoms with Crippen molar-refractivity contribution in [1.29, 1.82) is 0 Å². The van der Waals surface area contributed by atoms with Crippen LogP contribution < -0.4 is 11.1 Å². The molecule has 184 valence electrons. The Morgan fingerprint density at radius 1 is 1.03 bits per heavy atom. The first-order valence-corrected chi connectivity index (χ1v) is 12.1. The summed E-state index contributed by atoms with van der Waals surface area (Å²) in [6, 6.07) is 14.1. The number of nitrogens with two attached hydrogens (primary N) is 1. The zero-order valence-electron chi connectivity index (χ0n) is 20.1. The van der Waals surface area contributed by atoms with Crippen molar-refractivity contribution in [3.05, 3.63) is 71.3 Å². The molecule has 2 heterocycles. The Kier molecular flexibility index (Phi) is 7.31. The Balaban J connectivity index is 1.51. The monoisotopic (exact) mass is 476 g/mol. The van der Waals surface area contributed by atoms with Crippen molar-refractivity contribution in [3.8, 4) is 0 Å². The molecule has 2 aliphatic rings. The van der Waals surface area contributed by atoms with E-state index in [-0.39, 0.29) is 42.0 Å². The minimum absolute atomic E-state index is 0.0140. The van der Waals surface area contributed by atoms with Gasteiger partial charge in [0.05, 0.1) is 12.6 Å². The van der Waals surface area contributed by atoms with Crippen molar-refractivity contribution in [2.45, 2.75) is 51.4 Å². The van der Waals surface area contributed by atoms with Crippen LogP contribution in [0.1, 0.15) is 53.0 Å². The molecular weight excluding hydrogens is 444 g/mol. The molecule has 35 heavy (non-hydrogen) atoms. The van der Waals surface area contributed by atoms with Gasteiger partial charge in [0.15, 0.2) is 5.78 Å². The Labute approximate surface area is 205 Å². The Morgan fingerprint density at radius 2 is 1.74 bits per heavy atom. The van der Waals surface area contributed by atoms with Gasteiger partial charge < -0.3 is 20.9 Å². The number of Topliss-reactive ketones (excluding diaryl/α,β-unsaturated/α-hetero) is 1. The Morgan fingerprint density at radius 3 is 2.43 bits per heavy atom. The maximum Gasteiger partial charge on any atom is 0.254 e. The van der Waals surface area contributed by atoms with Crippen LogP contribution in [-0.2, 0) is 16.1 Å². The van der Waals surface area contributed by atoms with E-state index in [0.29, 0.717) is 37.1 Å². The van der Waals surface area contributed by atoms with Crippen molar-refractivity contribution in [3.63, 3.8) is 0 Å².